The molecule has 5 heteroatoms. The van der Waals surface area contributed by atoms with Crippen LogP contribution in [0.2, 0.25) is 0 Å². The van der Waals surface area contributed by atoms with Gasteiger partial charge in [0.1, 0.15) is 11.5 Å². The SMILES string of the molecule is CCC(C)(Oc1ccccc1)[P+](=O)Oc1ccc(C(C)(C)c2ccc(OC)cc2)cc1. The van der Waals surface area contributed by atoms with Crippen molar-refractivity contribution in [2.75, 3.05) is 7.11 Å². The van der Waals surface area contributed by atoms with E-state index in [-0.39, 0.29) is 5.41 Å². The Morgan fingerprint density at radius 2 is 1.26 bits per heavy atom. The summed E-state index contributed by atoms with van der Waals surface area (Å²) in [5, 5.41) is -0.919. The molecule has 3 aromatic rings. The summed E-state index contributed by atoms with van der Waals surface area (Å²) in [4.78, 5) is 0. The highest BCUT2D eigenvalue weighted by atomic mass is 31.1. The zero-order chi connectivity index (χ0) is 22.5. The van der Waals surface area contributed by atoms with Gasteiger partial charge < -0.3 is 9.47 Å². The van der Waals surface area contributed by atoms with Crippen LogP contribution in [0.4, 0.5) is 0 Å². The molecule has 2 unspecified atom stereocenters. The van der Waals surface area contributed by atoms with Crippen LogP contribution in [-0.4, -0.2) is 12.5 Å². The zero-order valence-corrected chi connectivity index (χ0v) is 19.7. The monoisotopic (exact) mass is 437 g/mol. The Morgan fingerprint density at radius 3 is 1.74 bits per heavy atom. The van der Waals surface area contributed by atoms with E-state index in [4.69, 9.17) is 14.0 Å². The number of benzene rings is 3. The highest BCUT2D eigenvalue weighted by Crippen LogP contribution is 2.44. The van der Waals surface area contributed by atoms with Crippen LogP contribution in [-0.2, 0) is 9.98 Å². The molecule has 4 nitrogen and oxygen atoms in total. The van der Waals surface area contributed by atoms with Crippen molar-refractivity contribution in [3.8, 4) is 17.2 Å². The minimum absolute atomic E-state index is 0.193. The van der Waals surface area contributed by atoms with Crippen LogP contribution in [0.25, 0.3) is 0 Å². The maximum Gasteiger partial charge on any atom is 0.604 e. The molecule has 31 heavy (non-hydrogen) atoms. The third-order valence-electron chi connectivity index (χ3n) is 5.70. The number of hydrogen-bond acceptors (Lipinski definition) is 4. The lowest BCUT2D eigenvalue weighted by molar-refractivity contribution is 0.159. The lowest BCUT2D eigenvalue weighted by Gasteiger charge is -2.26. The molecule has 0 aromatic heterocycles. The first-order chi connectivity index (χ1) is 14.8. The van der Waals surface area contributed by atoms with Crippen molar-refractivity contribution in [1.82, 2.24) is 0 Å². The Labute approximate surface area is 186 Å². The van der Waals surface area contributed by atoms with Gasteiger partial charge >= 0.3 is 13.4 Å². The first-order valence-electron chi connectivity index (χ1n) is 10.4. The third kappa shape index (κ3) is 5.26. The number of methoxy groups -OCH3 is 1. The Balaban J connectivity index is 1.73. The van der Waals surface area contributed by atoms with E-state index in [9.17, 15) is 4.57 Å². The molecule has 0 spiro atoms. The predicted molar refractivity (Wildman–Crippen MR) is 126 cm³/mol. The van der Waals surface area contributed by atoms with Crippen LogP contribution < -0.4 is 14.0 Å². The van der Waals surface area contributed by atoms with E-state index >= 15 is 0 Å². The molecule has 0 aliphatic carbocycles. The average molecular weight is 437 g/mol. The molecule has 0 fully saturated rings. The van der Waals surface area contributed by atoms with Gasteiger partial charge in [0, 0.05) is 18.8 Å². The van der Waals surface area contributed by atoms with E-state index in [0.717, 1.165) is 11.3 Å². The maximum absolute atomic E-state index is 13.0. The molecule has 2 atom stereocenters. The highest BCUT2D eigenvalue weighted by molar-refractivity contribution is 7.41. The molecule has 0 amide bonds. The van der Waals surface area contributed by atoms with Crippen LogP contribution >= 0.6 is 8.03 Å². The molecule has 0 N–H and O–H groups in total. The van der Waals surface area contributed by atoms with E-state index in [2.05, 4.69) is 26.0 Å². The zero-order valence-electron chi connectivity index (χ0n) is 18.8. The summed E-state index contributed by atoms with van der Waals surface area (Å²) < 4.78 is 30.1. The quantitative estimate of drug-likeness (QED) is 0.328. The van der Waals surface area contributed by atoms with Gasteiger partial charge in [0.2, 0.25) is 0 Å². The number of para-hydroxylation sites is 1. The molecule has 0 radical (unpaired) electrons. The summed E-state index contributed by atoms with van der Waals surface area (Å²) in [6.07, 6.45) is 0.555. The van der Waals surface area contributed by atoms with Crippen molar-refractivity contribution in [2.24, 2.45) is 0 Å². The molecule has 0 saturated carbocycles. The smallest absolute Gasteiger partial charge is 0.497 e. The molecule has 162 valence electrons. The molecular formula is C26H30O4P+. The van der Waals surface area contributed by atoms with Crippen LogP contribution in [0.15, 0.2) is 78.9 Å². The van der Waals surface area contributed by atoms with Gasteiger partial charge in [-0.3, -0.25) is 4.52 Å². The van der Waals surface area contributed by atoms with Crippen molar-refractivity contribution >= 4 is 8.03 Å². The maximum atomic E-state index is 13.0. The van der Waals surface area contributed by atoms with Gasteiger partial charge in [-0.15, -0.1) is 0 Å². The van der Waals surface area contributed by atoms with Crippen LogP contribution in [0.3, 0.4) is 0 Å². The van der Waals surface area contributed by atoms with Gasteiger partial charge in [-0.1, -0.05) is 63.2 Å². The summed E-state index contributed by atoms with van der Waals surface area (Å²) >= 11 is 0. The molecular weight excluding hydrogens is 407 g/mol. The molecule has 0 bridgehead atoms. The Bertz CT molecular complexity index is 998. The predicted octanol–water partition coefficient (Wildman–Crippen LogP) is 7.35. The molecule has 3 rings (SSSR count). The van der Waals surface area contributed by atoms with Gasteiger partial charge in [-0.2, -0.15) is 0 Å². The van der Waals surface area contributed by atoms with Crippen LogP contribution in [0, 0.1) is 0 Å². The Kier molecular flexibility index (Phi) is 7.02. The number of ether oxygens (including phenoxy) is 2. The topological polar surface area (TPSA) is 44.8 Å². The fourth-order valence-electron chi connectivity index (χ4n) is 3.28. The second-order valence-electron chi connectivity index (χ2n) is 8.17. The van der Waals surface area contributed by atoms with Gasteiger partial charge in [-0.25, -0.2) is 0 Å². The largest absolute Gasteiger partial charge is 0.604 e. The normalized spacial score (nSPS) is 13.8. The first kappa shape index (κ1) is 22.8. The van der Waals surface area contributed by atoms with E-state index in [1.54, 1.807) is 7.11 Å². The van der Waals surface area contributed by atoms with Gasteiger partial charge in [0.15, 0.2) is 5.75 Å². The summed E-state index contributed by atoms with van der Waals surface area (Å²) in [7, 11) is -0.435. The van der Waals surface area contributed by atoms with Crippen molar-refractivity contribution in [3.63, 3.8) is 0 Å². The second-order valence-corrected chi connectivity index (χ2v) is 9.81. The molecule has 0 heterocycles. The third-order valence-corrected chi connectivity index (χ3v) is 7.26. The minimum atomic E-state index is -2.10. The Hall–Kier alpha value is -2.84. The first-order valence-corrected chi connectivity index (χ1v) is 11.6. The summed E-state index contributed by atoms with van der Waals surface area (Å²) in [6.45, 7) is 8.11. The average Bonchev–Trinajstić information content (AvgIpc) is 2.80. The number of hydrogen-bond donors (Lipinski definition) is 0. The summed E-state index contributed by atoms with van der Waals surface area (Å²) in [5.74, 6) is 2.07. The van der Waals surface area contributed by atoms with E-state index < -0.39 is 13.4 Å². The lowest BCUT2D eigenvalue weighted by atomic mass is 9.78. The van der Waals surface area contributed by atoms with Gasteiger partial charge in [0.25, 0.3) is 0 Å². The molecule has 0 aliphatic heterocycles. The lowest BCUT2D eigenvalue weighted by Crippen LogP contribution is -2.28. The van der Waals surface area contributed by atoms with E-state index in [0.29, 0.717) is 17.9 Å². The van der Waals surface area contributed by atoms with E-state index in [1.807, 2.05) is 80.6 Å². The summed E-state index contributed by atoms with van der Waals surface area (Å²) in [6, 6.07) is 25.3. The standard InChI is InChI=1S/C26H30O4P/c1-6-26(4,29-23-10-8-7-9-11-23)31(27)30-24-18-14-21(15-19-24)25(2,3)20-12-16-22(28-5)17-13-20/h7-19H,6H2,1-5H3/q+1. The van der Waals surface area contributed by atoms with Crippen molar-refractivity contribution in [1.29, 1.82) is 0 Å². The van der Waals surface area contributed by atoms with Crippen LogP contribution in [0.1, 0.15) is 45.2 Å². The molecule has 3 aromatic carbocycles. The van der Waals surface area contributed by atoms with Crippen molar-refractivity contribution < 1.29 is 18.6 Å². The molecule has 0 aliphatic rings. The fraction of sp³-hybridized carbons (Fsp3) is 0.308. The van der Waals surface area contributed by atoms with Crippen molar-refractivity contribution in [3.05, 3.63) is 90.0 Å². The Morgan fingerprint density at radius 1 is 0.742 bits per heavy atom. The highest BCUT2D eigenvalue weighted by Gasteiger charge is 2.49. The number of rotatable bonds is 9. The van der Waals surface area contributed by atoms with Crippen LogP contribution in [0.5, 0.6) is 17.2 Å². The second kappa shape index (κ2) is 9.53. The van der Waals surface area contributed by atoms with E-state index in [1.165, 1.54) is 5.56 Å². The fourth-order valence-corrected chi connectivity index (χ4v) is 4.22. The minimum Gasteiger partial charge on any atom is -0.497 e. The van der Waals surface area contributed by atoms with Gasteiger partial charge in [0.05, 0.1) is 7.11 Å². The van der Waals surface area contributed by atoms with Gasteiger partial charge in [-0.05, 0) is 52.1 Å². The molecule has 0 saturated heterocycles. The van der Waals surface area contributed by atoms with Crippen molar-refractivity contribution in [2.45, 2.75) is 44.9 Å². The summed E-state index contributed by atoms with van der Waals surface area (Å²) in [5.41, 5.74) is 2.13.